The lowest BCUT2D eigenvalue weighted by Crippen LogP contribution is -1.91. The molecule has 0 unspecified atom stereocenters. The average Bonchev–Trinajstić information content (AvgIpc) is 3.07. The van der Waals surface area contributed by atoms with E-state index in [-0.39, 0.29) is 0 Å². The van der Waals surface area contributed by atoms with Crippen LogP contribution in [-0.4, -0.2) is 19.9 Å². The van der Waals surface area contributed by atoms with E-state index in [9.17, 15) is 0 Å². The minimum atomic E-state index is 0.425. The van der Waals surface area contributed by atoms with E-state index < -0.39 is 0 Å². The van der Waals surface area contributed by atoms with Crippen LogP contribution >= 0.6 is 11.3 Å². The smallest absolute Gasteiger partial charge is 0.237 e. The summed E-state index contributed by atoms with van der Waals surface area (Å²) in [4.78, 5) is 18.8. The Kier molecular flexibility index (Phi) is 4.22. The average molecular weight is 350 g/mol. The number of thiophene rings is 1. The van der Waals surface area contributed by atoms with Crippen molar-refractivity contribution in [2.45, 2.75) is 13.3 Å². The van der Waals surface area contributed by atoms with Crippen LogP contribution in [0.4, 0.5) is 0 Å². The largest absolute Gasteiger partial charge is 0.438 e. The van der Waals surface area contributed by atoms with E-state index in [1.54, 1.807) is 36.0 Å². The standard InChI is InChI=1S/C18H14N4O2S/c1-2-14-9-15-17(21-11-22-18(15)25-14)24-13-5-3-4-12(8-13)23-16-10-19-6-7-20-16/h3-11H,2H2,1H3. The van der Waals surface area contributed by atoms with Crippen molar-refractivity contribution >= 4 is 21.6 Å². The molecule has 3 aromatic heterocycles. The van der Waals surface area contributed by atoms with Gasteiger partial charge in [0.05, 0.1) is 11.6 Å². The van der Waals surface area contributed by atoms with Crippen LogP contribution in [0.2, 0.25) is 0 Å². The van der Waals surface area contributed by atoms with Crippen LogP contribution < -0.4 is 9.47 Å². The van der Waals surface area contributed by atoms with Gasteiger partial charge < -0.3 is 9.47 Å². The second kappa shape index (κ2) is 6.82. The fourth-order valence-electron chi connectivity index (χ4n) is 2.31. The van der Waals surface area contributed by atoms with E-state index >= 15 is 0 Å². The van der Waals surface area contributed by atoms with Crippen LogP contribution in [0.5, 0.6) is 23.3 Å². The zero-order valence-corrected chi connectivity index (χ0v) is 14.2. The maximum absolute atomic E-state index is 5.97. The summed E-state index contributed by atoms with van der Waals surface area (Å²) in [5.74, 6) is 2.21. The molecule has 3 heterocycles. The van der Waals surface area contributed by atoms with Gasteiger partial charge in [0, 0.05) is 23.3 Å². The molecule has 4 rings (SSSR count). The molecular formula is C18H14N4O2S. The highest BCUT2D eigenvalue weighted by atomic mass is 32.1. The summed E-state index contributed by atoms with van der Waals surface area (Å²) in [6, 6.07) is 9.40. The maximum Gasteiger partial charge on any atom is 0.237 e. The molecule has 4 aromatic rings. The second-order valence-corrected chi connectivity index (χ2v) is 6.30. The molecule has 0 N–H and O–H groups in total. The molecule has 0 radical (unpaired) electrons. The summed E-state index contributed by atoms with van der Waals surface area (Å²) < 4.78 is 11.6. The highest BCUT2D eigenvalue weighted by Crippen LogP contribution is 2.33. The molecule has 0 aliphatic carbocycles. The summed E-state index contributed by atoms with van der Waals surface area (Å²) >= 11 is 1.66. The van der Waals surface area contributed by atoms with Crippen molar-refractivity contribution in [1.29, 1.82) is 0 Å². The Bertz CT molecular complexity index is 1000. The van der Waals surface area contributed by atoms with Gasteiger partial charge >= 0.3 is 0 Å². The molecule has 0 saturated carbocycles. The number of hydrogen-bond acceptors (Lipinski definition) is 7. The van der Waals surface area contributed by atoms with Gasteiger partial charge in [-0.2, -0.15) is 0 Å². The molecule has 124 valence electrons. The van der Waals surface area contributed by atoms with Crippen LogP contribution in [-0.2, 0) is 6.42 Å². The third-order valence-corrected chi connectivity index (χ3v) is 4.66. The van der Waals surface area contributed by atoms with E-state index in [4.69, 9.17) is 9.47 Å². The molecule has 7 heteroatoms. The SMILES string of the molecule is CCc1cc2c(Oc3cccc(Oc4cnccn4)c3)ncnc2s1. The highest BCUT2D eigenvalue weighted by Gasteiger charge is 2.10. The monoisotopic (exact) mass is 350 g/mol. The molecule has 0 bridgehead atoms. The topological polar surface area (TPSA) is 70.0 Å². The summed E-state index contributed by atoms with van der Waals surface area (Å²) in [5.41, 5.74) is 0. The predicted molar refractivity (Wildman–Crippen MR) is 95.4 cm³/mol. The van der Waals surface area contributed by atoms with Crippen LogP contribution in [0.1, 0.15) is 11.8 Å². The lowest BCUT2D eigenvalue weighted by molar-refractivity contribution is 0.443. The van der Waals surface area contributed by atoms with Gasteiger partial charge in [-0.1, -0.05) is 13.0 Å². The number of benzene rings is 1. The van der Waals surface area contributed by atoms with Gasteiger partial charge in [0.15, 0.2) is 0 Å². The van der Waals surface area contributed by atoms with E-state index in [2.05, 4.69) is 32.9 Å². The van der Waals surface area contributed by atoms with Gasteiger partial charge in [-0.05, 0) is 24.6 Å². The van der Waals surface area contributed by atoms with Gasteiger partial charge in [-0.3, -0.25) is 4.98 Å². The fraction of sp³-hybridized carbons (Fsp3) is 0.111. The van der Waals surface area contributed by atoms with Crippen molar-refractivity contribution in [3.8, 4) is 23.3 Å². The predicted octanol–water partition coefficient (Wildman–Crippen LogP) is 4.63. The number of fused-ring (bicyclic) bond motifs is 1. The molecule has 0 aliphatic rings. The molecule has 0 spiro atoms. The van der Waals surface area contributed by atoms with E-state index in [1.165, 1.54) is 11.2 Å². The van der Waals surface area contributed by atoms with Crippen LogP contribution in [0.3, 0.4) is 0 Å². The third kappa shape index (κ3) is 3.41. The van der Waals surface area contributed by atoms with Crippen molar-refractivity contribution in [3.05, 3.63) is 60.1 Å². The lowest BCUT2D eigenvalue weighted by atomic mass is 10.3. The van der Waals surface area contributed by atoms with E-state index in [1.807, 2.05) is 18.2 Å². The highest BCUT2D eigenvalue weighted by molar-refractivity contribution is 7.18. The Morgan fingerprint density at radius 1 is 1.00 bits per heavy atom. The van der Waals surface area contributed by atoms with E-state index in [0.717, 1.165) is 16.6 Å². The van der Waals surface area contributed by atoms with Crippen LogP contribution in [0, 0.1) is 0 Å². The molecule has 0 fully saturated rings. The van der Waals surface area contributed by atoms with Gasteiger partial charge in [0.2, 0.25) is 11.8 Å². The third-order valence-electron chi connectivity index (χ3n) is 3.47. The zero-order valence-electron chi connectivity index (χ0n) is 13.4. The first-order valence-corrected chi connectivity index (χ1v) is 8.58. The summed E-state index contributed by atoms with van der Waals surface area (Å²) in [5, 5.41) is 0.921. The second-order valence-electron chi connectivity index (χ2n) is 5.19. The summed E-state index contributed by atoms with van der Waals surface area (Å²) in [7, 11) is 0. The molecule has 25 heavy (non-hydrogen) atoms. The zero-order chi connectivity index (χ0) is 17.1. The lowest BCUT2D eigenvalue weighted by Gasteiger charge is -2.08. The van der Waals surface area contributed by atoms with Crippen molar-refractivity contribution in [2.24, 2.45) is 0 Å². The van der Waals surface area contributed by atoms with E-state index in [0.29, 0.717) is 23.3 Å². The molecule has 0 atom stereocenters. The number of ether oxygens (including phenoxy) is 2. The molecule has 0 aliphatic heterocycles. The number of aryl methyl sites for hydroxylation is 1. The number of aromatic nitrogens is 4. The fourth-order valence-corrected chi connectivity index (χ4v) is 3.24. The van der Waals surface area contributed by atoms with Crippen LogP contribution in [0.15, 0.2) is 55.2 Å². The van der Waals surface area contributed by atoms with Crippen molar-refractivity contribution in [3.63, 3.8) is 0 Å². The van der Waals surface area contributed by atoms with Crippen molar-refractivity contribution < 1.29 is 9.47 Å². The Morgan fingerprint density at radius 3 is 2.68 bits per heavy atom. The first-order valence-electron chi connectivity index (χ1n) is 7.77. The Hall–Kier alpha value is -3.06. The summed E-state index contributed by atoms with van der Waals surface area (Å²) in [6.07, 6.45) is 7.21. The molecule has 0 amide bonds. The van der Waals surface area contributed by atoms with Crippen molar-refractivity contribution in [2.75, 3.05) is 0 Å². The normalized spacial score (nSPS) is 10.8. The molecular weight excluding hydrogens is 336 g/mol. The minimum Gasteiger partial charge on any atom is -0.438 e. The molecule has 1 aromatic carbocycles. The first kappa shape index (κ1) is 15.5. The Labute approximate surface area is 148 Å². The molecule has 6 nitrogen and oxygen atoms in total. The maximum atomic E-state index is 5.97. The number of rotatable bonds is 5. The summed E-state index contributed by atoms with van der Waals surface area (Å²) in [6.45, 7) is 2.12. The first-order chi connectivity index (χ1) is 12.3. The van der Waals surface area contributed by atoms with Gasteiger partial charge in [0.25, 0.3) is 0 Å². The van der Waals surface area contributed by atoms with Gasteiger partial charge in [0.1, 0.15) is 22.7 Å². The Balaban J connectivity index is 1.61. The number of nitrogens with zero attached hydrogens (tertiary/aromatic N) is 4. The van der Waals surface area contributed by atoms with Gasteiger partial charge in [-0.25, -0.2) is 15.0 Å². The van der Waals surface area contributed by atoms with Crippen LogP contribution in [0.25, 0.3) is 10.2 Å². The van der Waals surface area contributed by atoms with Gasteiger partial charge in [-0.15, -0.1) is 11.3 Å². The molecule has 0 saturated heterocycles. The number of hydrogen-bond donors (Lipinski definition) is 0. The minimum absolute atomic E-state index is 0.425. The van der Waals surface area contributed by atoms with Crippen molar-refractivity contribution in [1.82, 2.24) is 19.9 Å². The Morgan fingerprint density at radius 2 is 1.88 bits per heavy atom. The quantitative estimate of drug-likeness (QED) is 0.523.